The molecule has 0 aliphatic heterocycles. The van der Waals surface area contributed by atoms with Gasteiger partial charge in [-0.15, -0.1) is 0 Å². The Morgan fingerprint density at radius 1 is 1.11 bits per heavy atom. The minimum Gasteiger partial charge on any atom is -0.476 e. The Hall–Kier alpha value is -2.60. The molecule has 1 aromatic carbocycles. The molecule has 1 heterocycles. The zero-order valence-electron chi connectivity index (χ0n) is 15.9. The van der Waals surface area contributed by atoms with Gasteiger partial charge in [-0.25, -0.2) is 4.79 Å². The van der Waals surface area contributed by atoms with Gasteiger partial charge in [0.05, 0.1) is 5.69 Å². The molecule has 1 N–H and O–H groups in total. The number of ether oxygens (including phenoxy) is 2. The summed E-state index contributed by atoms with van der Waals surface area (Å²) in [5, 5.41) is 0.551. The van der Waals surface area contributed by atoms with Gasteiger partial charge in [-0.3, -0.25) is 9.59 Å². The Labute approximate surface area is 162 Å². The lowest BCUT2D eigenvalue weighted by atomic mass is 10.1. The zero-order valence-corrected chi connectivity index (χ0v) is 16.7. The molecule has 2 rings (SSSR count). The number of hydrogen-bond donors (Lipinski definition) is 1. The van der Waals surface area contributed by atoms with Crippen LogP contribution in [0.15, 0.2) is 24.3 Å². The summed E-state index contributed by atoms with van der Waals surface area (Å²) in [4.78, 5) is 39.3. The molecule has 0 aliphatic carbocycles. The molecule has 144 valence electrons. The minimum absolute atomic E-state index is 0.130. The van der Waals surface area contributed by atoms with E-state index < -0.39 is 24.0 Å². The van der Waals surface area contributed by atoms with Gasteiger partial charge in [-0.05, 0) is 64.4 Å². The second-order valence-corrected chi connectivity index (χ2v) is 7.18. The third kappa shape index (κ3) is 4.77. The highest BCUT2D eigenvalue weighted by atomic mass is 35.5. The number of aryl methyl sites for hydroxylation is 1. The molecule has 0 spiro atoms. The topological polar surface area (TPSA) is 85.5 Å². The highest BCUT2D eigenvalue weighted by molar-refractivity contribution is 6.30. The molecule has 27 heavy (non-hydrogen) atoms. The summed E-state index contributed by atoms with van der Waals surface area (Å²) in [6.45, 7) is 7.48. The molecule has 6 nitrogen and oxygen atoms in total. The quantitative estimate of drug-likeness (QED) is 0.568. The summed E-state index contributed by atoms with van der Waals surface area (Å²) < 4.78 is 10.8. The molecule has 0 radical (unpaired) electrons. The summed E-state index contributed by atoms with van der Waals surface area (Å²) in [6.07, 6.45) is 0. The first-order valence-electron chi connectivity index (χ1n) is 8.38. The number of rotatable bonds is 7. The summed E-state index contributed by atoms with van der Waals surface area (Å²) in [6, 6.07) is 6.56. The van der Waals surface area contributed by atoms with Gasteiger partial charge < -0.3 is 14.5 Å². The van der Waals surface area contributed by atoms with Gasteiger partial charge in [0.25, 0.3) is 0 Å². The van der Waals surface area contributed by atoms with Crippen molar-refractivity contribution in [1.29, 1.82) is 0 Å². The van der Waals surface area contributed by atoms with Crippen LogP contribution in [-0.4, -0.2) is 34.7 Å². The predicted octanol–water partition coefficient (Wildman–Crippen LogP) is 4.07. The standard InChI is InChI=1S/C20H22ClNO5/c1-11-17(13(3)23)12(2)22-18(11)16(24)10-26-19(25)20(4,5)27-15-8-6-14(21)7-9-15/h6-9,22H,10H2,1-5H3. The first-order valence-corrected chi connectivity index (χ1v) is 8.76. The second kappa shape index (κ2) is 7.96. The number of esters is 1. The molecule has 0 saturated carbocycles. The molecular formula is C20H22ClNO5. The van der Waals surface area contributed by atoms with Crippen molar-refractivity contribution in [2.75, 3.05) is 6.61 Å². The molecular weight excluding hydrogens is 370 g/mol. The average molecular weight is 392 g/mol. The van der Waals surface area contributed by atoms with E-state index in [-0.39, 0.29) is 11.5 Å². The smallest absolute Gasteiger partial charge is 0.350 e. The zero-order chi connectivity index (χ0) is 20.4. The van der Waals surface area contributed by atoms with Crippen molar-refractivity contribution >= 4 is 29.1 Å². The van der Waals surface area contributed by atoms with Crippen LogP contribution >= 0.6 is 11.6 Å². The van der Waals surface area contributed by atoms with Gasteiger partial charge in [-0.2, -0.15) is 0 Å². The Morgan fingerprint density at radius 3 is 2.22 bits per heavy atom. The Kier molecular flexibility index (Phi) is 6.11. The number of hydrogen-bond acceptors (Lipinski definition) is 5. The van der Waals surface area contributed by atoms with Crippen LogP contribution in [0.1, 0.15) is 52.9 Å². The van der Waals surface area contributed by atoms with Gasteiger partial charge in [0.15, 0.2) is 18.0 Å². The first kappa shape index (κ1) is 20.7. The lowest BCUT2D eigenvalue weighted by Gasteiger charge is -2.24. The van der Waals surface area contributed by atoms with Crippen LogP contribution in [0.5, 0.6) is 5.75 Å². The molecule has 0 saturated heterocycles. The maximum Gasteiger partial charge on any atom is 0.350 e. The van der Waals surface area contributed by atoms with Crippen LogP contribution in [0.4, 0.5) is 0 Å². The molecule has 1 aromatic heterocycles. The van der Waals surface area contributed by atoms with Crippen molar-refractivity contribution in [2.45, 2.75) is 40.2 Å². The first-order chi connectivity index (χ1) is 12.5. The average Bonchev–Trinajstić information content (AvgIpc) is 2.88. The summed E-state index contributed by atoms with van der Waals surface area (Å²) in [5.74, 6) is -0.776. The second-order valence-electron chi connectivity index (χ2n) is 6.75. The van der Waals surface area contributed by atoms with Crippen LogP contribution in [0, 0.1) is 13.8 Å². The number of aromatic nitrogens is 1. The number of benzene rings is 1. The van der Waals surface area contributed by atoms with E-state index in [1.54, 1.807) is 52.0 Å². The fraction of sp³-hybridized carbons (Fsp3) is 0.350. The van der Waals surface area contributed by atoms with Crippen LogP contribution in [0.2, 0.25) is 5.02 Å². The molecule has 0 amide bonds. The number of nitrogens with one attached hydrogen (secondary N) is 1. The van der Waals surface area contributed by atoms with Crippen LogP contribution < -0.4 is 4.74 Å². The highest BCUT2D eigenvalue weighted by Crippen LogP contribution is 2.22. The summed E-state index contributed by atoms with van der Waals surface area (Å²) in [7, 11) is 0. The highest BCUT2D eigenvalue weighted by Gasteiger charge is 2.33. The van der Waals surface area contributed by atoms with Crippen LogP contribution in [0.3, 0.4) is 0 Å². The minimum atomic E-state index is -1.29. The van der Waals surface area contributed by atoms with E-state index in [4.69, 9.17) is 21.1 Å². The largest absolute Gasteiger partial charge is 0.476 e. The molecule has 0 bridgehead atoms. The number of carbonyl (C=O) groups excluding carboxylic acids is 3. The third-order valence-electron chi connectivity index (χ3n) is 4.08. The fourth-order valence-corrected chi connectivity index (χ4v) is 2.90. The van der Waals surface area contributed by atoms with Crippen LogP contribution in [-0.2, 0) is 9.53 Å². The number of H-pyrrole nitrogens is 1. The lowest BCUT2D eigenvalue weighted by molar-refractivity contribution is -0.158. The van der Waals surface area contributed by atoms with Crippen molar-refractivity contribution in [1.82, 2.24) is 4.98 Å². The normalized spacial score (nSPS) is 11.2. The van der Waals surface area contributed by atoms with E-state index in [9.17, 15) is 14.4 Å². The van der Waals surface area contributed by atoms with Crippen molar-refractivity contribution in [2.24, 2.45) is 0 Å². The Morgan fingerprint density at radius 2 is 1.70 bits per heavy atom. The van der Waals surface area contributed by atoms with E-state index in [1.165, 1.54) is 6.92 Å². The van der Waals surface area contributed by atoms with E-state index >= 15 is 0 Å². The predicted molar refractivity (Wildman–Crippen MR) is 102 cm³/mol. The van der Waals surface area contributed by atoms with E-state index in [1.807, 2.05) is 0 Å². The van der Waals surface area contributed by atoms with Gasteiger partial charge >= 0.3 is 5.97 Å². The van der Waals surface area contributed by atoms with Gasteiger partial charge in [0, 0.05) is 16.3 Å². The third-order valence-corrected chi connectivity index (χ3v) is 4.33. The maximum atomic E-state index is 12.4. The molecule has 0 fully saturated rings. The number of ketones is 2. The molecule has 7 heteroatoms. The molecule has 0 atom stereocenters. The molecule has 0 unspecified atom stereocenters. The Bertz CT molecular complexity index is 881. The van der Waals surface area contributed by atoms with Crippen LogP contribution in [0.25, 0.3) is 0 Å². The van der Waals surface area contributed by atoms with E-state index in [0.29, 0.717) is 27.6 Å². The molecule has 2 aromatic rings. The van der Waals surface area contributed by atoms with E-state index in [2.05, 4.69) is 4.98 Å². The van der Waals surface area contributed by atoms with Crippen molar-refractivity contribution in [3.05, 3.63) is 51.8 Å². The van der Waals surface area contributed by atoms with Crippen molar-refractivity contribution in [3.8, 4) is 5.75 Å². The van der Waals surface area contributed by atoms with Gasteiger partial charge in [0.1, 0.15) is 5.75 Å². The lowest BCUT2D eigenvalue weighted by Crippen LogP contribution is -2.40. The number of halogens is 1. The summed E-state index contributed by atoms with van der Waals surface area (Å²) >= 11 is 5.82. The van der Waals surface area contributed by atoms with Gasteiger partial charge in [0.2, 0.25) is 5.78 Å². The van der Waals surface area contributed by atoms with Crippen molar-refractivity contribution in [3.63, 3.8) is 0 Å². The van der Waals surface area contributed by atoms with Crippen molar-refractivity contribution < 1.29 is 23.9 Å². The van der Waals surface area contributed by atoms with Gasteiger partial charge in [-0.1, -0.05) is 11.6 Å². The summed E-state index contributed by atoms with van der Waals surface area (Å²) in [5.41, 5.74) is 0.621. The monoisotopic (exact) mass is 391 g/mol. The van der Waals surface area contributed by atoms with E-state index in [0.717, 1.165) is 0 Å². The number of carbonyl (C=O) groups is 3. The number of Topliss-reactive ketones (excluding diaryl/α,β-unsaturated/α-hetero) is 2. The maximum absolute atomic E-state index is 12.4. The SMILES string of the molecule is CC(=O)c1c(C)[nH]c(C(=O)COC(=O)C(C)(C)Oc2ccc(Cl)cc2)c1C. The molecule has 0 aliphatic rings. The number of aromatic amines is 1. The fourth-order valence-electron chi connectivity index (χ4n) is 2.77. The Balaban J connectivity index is 2.03.